The first-order valence-corrected chi connectivity index (χ1v) is 6.32. The molecule has 0 unspecified atom stereocenters. The van der Waals surface area contributed by atoms with Gasteiger partial charge in [-0.1, -0.05) is 23.2 Å². The van der Waals surface area contributed by atoms with Gasteiger partial charge in [-0.05, 0) is 31.5 Å². The monoisotopic (exact) mass is 290 g/mol. The van der Waals surface area contributed by atoms with Crippen LogP contribution in [0.15, 0.2) is 17.2 Å². The molecule has 0 aliphatic rings. The standard InChI is InChI=1S/C12H16Cl2N2O2/c1-8(2)18-12-10(13)5-9(6-11(12)14)7-16-15-3-4-17/h5-8,15,17H,3-4H2,1-2H3. The van der Waals surface area contributed by atoms with Gasteiger partial charge < -0.3 is 15.3 Å². The summed E-state index contributed by atoms with van der Waals surface area (Å²) < 4.78 is 5.52. The van der Waals surface area contributed by atoms with E-state index in [1.165, 1.54) is 0 Å². The Kier molecular flexibility index (Phi) is 6.25. The highest BCUT2D eigenvalue weighted by Gasteiger charge is 2.10. The second-order valence-corrected chi connectivity index (χ2v) is 4.68. The fourth-order valence-corrected chi connectivity index (χ4v) is 1.83. The van der Waals surface area contributed by atoms with E-state index in [1.807, 2.05) is 13.8 Å². The van der Waals surface area contributed by atoms with Crippen LogP contribution in [0.25, 0.3) is 0 Å². The van der Waals surface area contributed by atoms with Crippen molar-refractivity contribution in [3.63, 3.8) is 0 Å². The van der Waals surface area contributed by atoms with Gasteiger partial charge in [0.15, 0.2) is 5.75 Å². The summed E-state index contributed by atoms with van der Waals surface area (Å²) in [6.45, 7) is 4.23. The minimum Gasteiger partial charge on any atom is -0.488 e. The highest BCUT2D eigenvalue weighted by molar-refractivity contribution is 6.37. The predicted molar refractivity (Wildman–Crippen MR) is 74.9 cm³/mol. The largest absolute Gasteiger partial charge is 0.488 e. The van der Waals surface area contributed by atoms with Crippen molar-refractivity contribution in [2.24, 2.45) is 5.10 Å². The molecule has 0 amide bonds. The molecule has 0 bridgehead atoms. The Balaban J connectivity index is 2.82. The number of rotatable bonds is 6. The molecule has 0 aliphatic carbocycles. The first-order valence-electron chi connectivity index (χ1n) is 5.57. The van der Waals surface area contributed by atoms with E-state index in [0.717, 1.165) is 5.56 Å². The van der Waals surface area contributed by atoms with Gasteiger partial charge in [-0.25, -0.2) is 0 Å². The third kappa shape index (κ3) is 4.72. The summed E-state index contributed by atoms with van der Waals surface area (Å²) in [4.78, 5) is 0. The lowest BCUT2D eigenvalue weighted by molar-refractivity contribution is 0.243. The number of hydrazone groups is 1. The molecule has 1 rings (SSSR count). The molecule has 0 radical (unpaired) electrons. The van der Waals surface area contributed by atoms with E-state index in [0.29, 0.717) is 22.3 Å². The van der Waals surface area contributed by atoms with E-state index in [-0.39, 0.29) is 12.7 Å². The number of ether oxygens (including phenoxy) is 1. The van der Waals surface area contributed by atoms with Gasteiger partial charge in [0.2, 0.25) is 0 Å². The fraction of sp³-hybridized carbons (Fsp3) is 0.417. The third-order valence-corrected chi connectivity index (χ3v) is 2.46. The average Bonchev–Trinajstić information content (AvgIpc) is 2.29. The van der Waals surface area contributed by atoms with E-state index < -0.39 is 0 Å². The number of hydrogen-bond acceptors (Lipinski definition) is 4. The number of aliphatic hydroxyl groups is 1. The van der Waals surface area contributed by atoms with Gasteiger partial charge in [0.05, 0.1) is 35.5 Å². The smallest absolute Gasteiger partial charge is 0.156 e. The highest BCUT2D eigenvalue weighted by atomic mass is 35.5. The number of aliphatic hydroxyl groups excluding tert-OH is 1. The fourth-order valence-electron chi connectivity index (χ4n) is 1.24. The van der Waals surface area contributed by atoms with Crippen LogP contribution < -0.4 is 10.2 Å². The lowest BCUT2D eigenvalue weighted by Crippen LogP contribution is -2.11. The minimum absolute atomic E-state index is 0.00531. The molecule has 0 aliphatic heterocycles. The second-order valence-electron chi connectivity index (χ2n) is 3.87. The topological polar surface area (TPSA) is 53.8 Å². The van der Waals surface area contributed by atoms with Crippen LogP contribution in [-0.4, -0.2) is 30.6 Å². The van der Waals surface area contributed by atoms with Crippen molar-refractivity contribution < 1.29 is 9.84 Å². The van der Waals surface area contributed by atoms with Crippen molar-refractivity contribution in [1.82, 2.24) is 5.43 Å². The quantitative estimate of drug-likeness (QED) is 0.481. The van der Waals surface area contributed by atoms with Gasteiger partial charge in [0, 0.05) is 0 Å². The van der Waals surface area contributed by atoms with E-state index in [9.17, 15) is 0 Å². The number of benzene rings is 1. The van der Waals surface area contributed by atoms with Gasteiger partial charge in [-0.3, -0.25) is 0 Å². The molecular formula is C12H16Cl2N2O2. The second kappa shape index (κ2) is 7.46. The molecule has 0 aromatic heterocycles. The third-order valence-electron chi connectivity index (χ3n) is 1.90. The molecule has 0 fully saturated rings. The van der Waals surface area contributed by atoms with Crippen molar-refractivity contribution in [2.75, 3.05) is 13.2 Å². The number of hydrogen-bond donors (Lipinski definition) is 2. The van der Waals surface area contributed by atoms with Crippen molar-refractivity contribution in [1.29, 1.82) is 0 Å². The van der Waals surface area contributed by atoms with Crippen molar-refractivity contribution in [3.8, 4) is 5.75 Å². The highest BCUT2D eigenvalue weighted by Crippen LogP contribution is 2.34. The summed E-state index contributed by atoms with van der Waals surface area (Å²) in [6.07, 6.45) is 1.58. The van der Waals surface area contributed by atoms with Gasteiger partial charge >= 0.3 is 0 Å². The SMILES string of the molecule is CC(C)Oc1c(Cl)cc(C=NNCCO)cc1Cl. The van der Waals surface area contributed by atoms with Crippen LogP contribution in [0.2, 0.25) is 10.0 Å². The van der Waals surface area contributed by atoms with E-state index in [1.54, 1.807) is 18.3 Å². The Morgan fingerprint density at radius 1 is 1.39 bits per heavy atom. The maximum atomic E-state index is 8.58. The summed E-state index contributed by atoms with van der Waals surface area (Å²) in [7, 11) is 0. The maximum Gasteiger partial charge on any atom is 0.156 e. The normalized spacial score (nSPS) is 11.2. The first-order chi connectivity index (χ1) is 8.54. The van der Waals surface area contributed by atoms with Gasteiger partial charge in [-0.2, -0.15) is 5.10 Å². The van der Waals surface area contributed by atoms with Crippen LogP contribution in [0.3, 0.4) is 0 Å². The molecule has 0 atom stereocenters. The lowest BCUT2D eigenvalue weighted by Gasteiger charge is -2.13. The molecule has 6 heteroatoms. The summed E-state index contributed by atoms with van der Waals surface area (Å²) >= 11 is 12.2. The molecule has 0 spiro atoms. The maximum absolute atomic E-state index is 8.58. The van der Waals surface area contributed by atoms with E-state index in [2.05, 4.69) is 10.5 Å². The van der Waals surface area contributed by atoms with E-state index >= 15 is 0 Å². The Morgan fingerprint density at radius 2 is 2.00 bits per heavy atom. The molecule has 18 heavy (non-hydrogen) atoms. The Labute approximate surface area is 117 Å². The van der Waals surface area contributed by atoms with Crippen LogP contribution in [-0.2, 0) is 0 Å². The van der Waals surface area contributed by atoms with Crippen molar-refractivity contribution in [3.05, 3.63) is 27.7 Å². The Morgan fingerprint density at radius 3 is 2.50 bits per heavy atom. The first kappa shape index (κ1) is 15.1. The van der Waals surface area contributed by atoms with Gasteiger partial charge in [-0.15, -0.1) is 0 Å². The predicted octanol–water partition coefficient (Wildman–Crippen LogP) is 2.70. The molecule has 0 saturated heterocycles. The zero-order valence-electron chi connectivity index (χ0n) is 10.3. The van der Waals surface area contributed by atoms with Gasteiger partial charge in [0.25, 0.3) is 0 Å². The van der Waals surface area contributed by atoms with Crippen LogP contribution in [0.4, 0.5) is 0 Å². The lowest BCUT2D eigenvalue weighted by atomic mass is 10.2. The Hall–Kier alpha value is -0.970. The molecule has 1 aromatic rings. The van der Waals surface area contributed by atoms with Crippen LogP contribution in [0, 0.1) is 0 Å². The van der Waals surface area contributed by atoms with Crippen molar-refractivity contribution in [2.45, 2.75) is 20.0 Å². The summed E-state index contributed by atoms with van der Waals surface area (Å²) in [5.74, 6) is 0.480. The van der Waals surface area contributed by atoms with E-state index in [4.69, 9.17) is 33.0 Å². The molecule has 1 aromatic carbocycles. The summed E-state index contributed by atoms with van der Waals surface area (Å²) in [5.41, 5.74) is 3.43. The average molecular weight is 291 g/mol. The number of nitrogens with zero attached hydrogens (tertiary/aromatic N) is 1. The molecule has 2 N–H and O–H groups in total. The number of nitrogens with one attached hydrogen (secondary N) is 1. The van der Waals surface area contributed by atoms with Crippen LogP contribution in [0.1, 0.15) is 19.4 Å². The molecule has 4 nitrogen and oxygen atoms in total. The molecule has 0 heterocycles. The zero-order chi connectivity index (χ0) is 13.5. The molecule has 0 saturated carbocycles. The molecular weight excluding hydrogens is 275 g/mol. The van der Waals surface area contributed by atoms with Crippen molar-refractivity contribution >= 4 is 29.4 Å². The Bertz CT molecular complexity index is 400. The van der Waals surface area contributed by atoms with Gasteiger partial charge in [0.1, 0.15) is 0 Å². The van der Waals surface area contributed by atoms with Crippen LogP contribution >= 0.6 is 23.2 Å². The molecule has 100 valence electrons. The minimum atomic E-state index is 0.00531. The van der Waals surface area contributed by atoms with Crippen LogP contribution in [0.5, 0.6) is 5.75 Å². The number of halogens is 2. The zero-order valence-corrected chi connectivity index (χ0v) is 11.8. The summed E-state index contributed by atoms with van der Waals surface area (Å²) in [5, 5.41) is 13.4. The summed E-state index contributed by atoms with van der Waals surface area (Å²) in [6, 6.07) is 3.44.